The van der Waals surface area contributed by atoms with Crippen LogP contribution in [0.2, 0.25) is 0 Å². The van der Waals surface area contributed by atoms with Gasteiger partial charge in [-0.2, -0.15) is 0 Å². The lowest BCUT2D eigenvalue weighted by Crippen LogP contribution is -2.34. The quantitative estimate of drug-likeness (QED) is 0.434. The normalized spacial score (nSPS) is 10.4. The zero-order valence-corrected chi connectivity index (χ0v) is 14.8. The number of ether oxygens (including phenoxy) is 2. The molecular weight excluding hydrogens is 306 g/mol. The molecular formula is C19H29NO4. The van der Waals surface area contributed by atoms with Crippen molar-refractivity contribution in [3.8, 4) is 0 Å². The molecule has 0 spiro atoms. The molecule has 0 saturated heterocycles. The summed E-state index contributed by atoms with van der Waals surface area (Å²) in [5.41, 5.74) is 0.633. The van der Waals surface area contributed by atoms with Crippen LogP contribution < -0.4 is 0 Å². The highest BCUT2D eigenvalue weighted by Crippen LogP contribution is 2.07. The highest BCUT2D eigenvalue weighted by molar-refractivity contribution is 5.94. The van der Waals surface area contributed by atoms with Crippen LogP contribution in [0.25, 0.3) is 0 Å². The van der Waals surface area contributed by atoms with Gasteiger partial charge in [-0.3, -0.25) is 9.59 Å². The van der Waals surface area contributed by atoms with E-state index in [0.717, 1.165) is 25.9 Å². The molecule has 24 heavy (non-hydrogen) atoms. The van der Waals surface area contributed by atoms with Crippen molar-refractivity contribution >= 4 is 11.9 Å². The van der Waals surface area contributed by atoms with Gasteiger partial charge in [0.05, 0.1) is 13.0 Å². The lowest BCUT2D eigenvalue weighted by atomic mass is 10.2. The number of rotatable bonds is 12. The minimum atomic E-state index is -0.275. The Hall–Kier alpha value is -1.88. The number of unbranched alkanes of at least 4 members (excludes halogenated alkanes) is 1. The van der Waals surface area contributed by atoms with Gasteiger partial charge in [-0.05, 0) is 31.9 Å². The number of amides is 1. The van der Waals surface area contributed by atoms with Crippen molar-refractivity contribution in [3.63, 3.8) is 0 Å². The van der Waals surface area contributed by atoms with Crippen molar-refractivity contribution in [1.29, 1.82) is 0 Å². The van der Waals surface area contributed by atoms with E-state index in [1.807, 2.05) is 18.2 Å². The van der Waals surface area contributed by atoms with Gasteiger partial charge in [-0.1, -0.05) is 31.5 Å². The summed E-state index contributed by atoms with van der Waals surface area (Å²) >= 11 is 0. The minimum Gasteiger partial charge on any atom is -0.466 e. The van der Waals surface area contributed by atoms with E-state index < -0.39 is 0 Å². The molecule has 0 aromatic heterocycles. The molecule has 5 nitrogen and oxygen atoms in total. The van der Waals surface area contributed by atoms with Gasteiger partial charge in [-0.25, -0.2) is 0 Å². The second kappa shape index (κ2) is 12.5. The van der Waals surface area contributed by atoms with Crippen LogP contribution in [0.3, 0.4) is 0 Å². The van der Waals surface area contributed by atoms with E-state index in [4.69, 9.17) is 9.47 Å². The maximum absolute atomic E-state index is 12.6. The minimum absolute atomic E-state index is 0.0616. The summed E-state index contributed by atoms with van der Waals surface area (Å²) in [7, 11) is 0. The second-order valence-electron chi connectivity index (χ2n) is 5.53. The zero-order valence-electron chi connectivity index (χ0n) is 14.8. The van der Waals surface area contributed by atoms with E-state index in [1.54, 1.807) is 24.0 Å². The third kappa shape index (κ3) is 8.11. The summed E-state index contributed by atoms with van der Waals surface area (Å²) in [5.74, 6) is -0.337. The predicted molar refractivity (Wildman–Crippen MR) is 93.9 cm³/mol. The van der Waals surface area contributed by atoms with Gasteiger partial charge in [0, 0.05) is 31.9 Å². The van der Waals surface area contributed by atoms with Gasteiger partial charge in [0.1, 0.15) is 0 Å². The molecule has 0 atom stereocenters. The Labute approximate surface area is 144 Å². The molecule has 0 bridgehead atoms. The first-order valence-corrected chi connectivity index (χ1v) is 8.76. The fourth-order valence-electron chi connectivity index (χ4n) is 2.24. The van der Waals surface area contributed by atoms with E-state index in [2.05, 4.69) is 6.92 Å². The summed E-state index contributed by atoms with van der Waals surface area (Å²) in [6.07, 6.45) is 3.13. The number of esters is 1. The molecule has 1 rings (SSSR count). The Morgan fingerprint density at radius 3 is 2.38 bits per heavy atom. The van der Waals surface area contributed by atoms with Gasteiger partial charge < -0.3 is 14.4 Å². The molecule has 1 aromatic rings. The topological polar surface area (TPSA) is 55.8 Å². The molecule has 0 heterocycles. The van der Waals surface area contributed by atoms with E-state index in [1.165, 1.54) is 0 Å². The second-order valence-corrected chi connectivity index (χ2v) is 5.53. The number of nitrogens with zero attached hydrogens (tertiary/aromatic N) is 1. The summed E-state index contributed by atoms with van der Waals surface area (Å²) in [4.78, 5) is 25.9. The number of hydrogen-bond donors (Lipinski definition) is 0. The number of hydrogen-bond acceptors (Lipinski definition) is 4. The number of benzene rings is 1. The predicted octanol–water partition coefficient (Wildman–Crippen LogP) is 3.29. The number of carbonyl (C=O) groups excluding carboxylic acids is 2. The van der Waals surface area contributed by atoms with Crippen molar-refractivity contribution in [1.82, 2.24) is 4.90 Å². The molecule has 0 radical (unpaired) electrons. The molecule has 5 heteroatoms. The maximum atomic E-state index is 12.6. The van der Waals surface area contributed by atoms with Crippen LogP contribution in [0.15, 0.2) is 30.3 Å². The van der Waals surface area contributed by atoms with Gasteiger partial charge in [0.25, 0.3) is 5.91 Å². The first-order chi connectivity index (χ1) is 11.7. The van der Waals surface area contributed by atoms with E-state index in [0.29, 0.717) is 31.9 Å². The zero-order chi connectivity index (χ0) is 17.6. The lowest BCUT2D eigenvalue weighted by molar-refractivity contribution is -0.143. The van der Waals surface area contributed by atoms with Crippen LogP contribution in [-0.2, 0) is 14.3 Å². The Morgan fingerprint density at radius 2 is 1.71 bits per heavy atom. The average Bonchev–Trinajstić information content (AvgIpc) is 2.61. The molecule has 134 valence electrons. The summed E-state index contributed by atoms with van der Waals surface area (Å²) < 4.78 is 10.5. The molecule has 0 fully saturated rings. The molecule has 0 N–H and O–H groups in total. The monoisotopic (exact) mass is 335 g/mol. The Balaban J connectivity index is 2.52. The van der Waals surface area contributed by atoms with Crippen LogP contribution in [0.4, 0.5) is 0 Å². The average molecular weight is 335 g/mol. The van der Waals surface area contributed by atoms with Crippen LogP contribution in [0, 0.1) is 0 Å². The molecule has 0 saturated carbocycles. The van der Waals surface area contributed by atoms with E-state index in [-0.39, 0.29) is 18.3 Å². The lowest BCUT2D eigenvalue weighted by Gasteiger charge is -2.22. The van der Waals surface area contributed by atoms with E-state index in [9.17, 15) is 9.59 Å². The smallest absolute Gasteiger partial charge is 0.307 e. The summed E-state index contributed by atoms with van der Waals surface area (Å²) in [6.45, 7) is 6.57. The van der Waals surface area contributed by atoms with Crippen molar-refractivity contribution < 1.29 is 19.1 Å². The Morgan fingerprint density at radius 1 is 1.00 bits per heavy atom. The van der Waals surface area contributed by atoms with Crippen LogP contribution in [0.5, 0.6) is 0 Å². The van der Waals surface area contributed by atoms with Gasteiger partial charge in [0.2, 0.25) is 0 Å². The molecule has 0 unspecified atom stereocenters. The Kier molecular flexibility index (Phi) is 10.5. The molecule has 1 aromatic carbocycles. The Bertz CT molecular complexity index is 476. The third-order valence-electron chi connectivity index (χ3n) is 3.56. The fourth-order valence-corrected chi connectivity index (χ4v) is 2.24. The standard InChI is InChI=1S/C19H29NO4/c1-3-5-15-23-16-9-13-20(14-12-18(21)24-4-2)19(22)17-10-7-6-8-11-17/h6-8,10-11H,3-5,9,12-16H2,1-2H3. The van der Waals surface area contributed by atoms with Crippen molar-refractivity contribution in [3.05, 3.63) is 35.9 Å². The van der Waals surface area contributed by atoms with Crippen molar-refractivity contribution in [2.45, 2.75) is 39.5 Å². The maximum Gasteiger partial charge on any atom is 0.307 e. The molecule has 0 aliphatic carbocycles. The van der Waals surface area contributed by atoms with E-state index >= 15 is 0 Å². The third-order valence-corrected chi connectivity index (χ3v) is 3.56. The summed E-state index contributed by atoms with van der Waals surface area (Å²) in [5, 5.41) is 0. The highest BCUT2D eigenvalue weighted by Gasteiger charge is 2.16. The van der Waals surface area contributed by atoms with Crippen molar-refractivity contribution in [2.24, 2.45) is 0 Å². The highest BCUT2D eigenvalue weighted by atomic mass is 16.5. The molecule has 0 aliphatic heterocycles. The van der Waals surface area contributed by atoms with Crippen LogP contribution in [0.1, 0.15) is 49.9 Å². The fraction of sp³-hybridized carbons (Fsp3) is 0.579. The van der Waals surface area contributed by atoms with Gasteiger partial charge in [0.15, 0.2) is 0 Å². The van der Waals surface area contributed by atoms with Crippen LogP contribution >= 0.6 is 0 Å². The summed E-state index contributed by atoms with van der Waals surface area (Å²) in [6, 6.07) is 9.13. The largest absolute Gasteiger partial charge is 0.466 e. The first kappa shape index (κ1) is 20.2. The van der Waals surface area contributed by atoms with Gasteiger partial charge >= 0.3 is 5.97 Å². The van der Waals surface area contributed by atoms with Gasteiger partial charge in [-0.15, -0.1) is 0 Å². The number of carbonyl (C=O) groups is 2. The first-order valence-electron chi connectivity index (χ1n) is 8.76. The molecule has 1 amide bonds. The SMILES string of the molecule is CCCCOCCCN(CCC(=O)OCC)C(=O)c1ccccc1. The van der Waals surface area contributed by atoms with Crippen LogP contribution in [-0.4, -0.2) is 49.7 Å². The molecule has 0 aliphatic rings. The van der Waals surface area contributed by atoms with Crippen molar-refractivity contribution in [2.75, 3.05) is 32.9 Å².